The summed E-state index contributed by atoms with van der Waals surface area (Å²) in [7, 11) is 0. The third kappa shape index (κ3) is 3.97. The number of phenols is 1. The average molecular weight is 447 g/mol. The minimum Gasteiger partial charge on any atom is -0.507 e. The van der Waals surface area contributed by atoms with Gasteiger partial charge in [-0.1, -0.05) is 48.0 Å². The Morgan fingerprint density at radius 3 is 2.47 bits per heavy atom. The van der Waals surface area contributed by atoms with Gasteiger partial charge in [-0.15, -0.1) is 0 Å². The molecule has 1 aromatic heterocycles. The smallest absolute Gasteiger partial charge is 0.200 e. The number of aromatic hydroxyl groups is 1. The van der Waals surface area contributed by atoms with Crippen molar-refractivity contribution in [1.82, 2.24) is 4.90 Å². The topological polar surface area (TPSA) is 56.9 Å². The lowest BCUT2D eigenvalue weighted by atomic mass is 10.0. The number of nitrogens with zero attached hydrogens (tertiary/aromatic N) is 2. The summed E-state index contributed by atoms with van der Waals surface area (Å²) in [5.41, 5.74) is 3.45. The second kappa shape index (κ2) is 8.69. The largest absolute Gasteiger partial charge is 0.507 e. The summed E-state index contributed by atoms with van der Waals surface area (Å²) >= 11 is 6.14. The molecule has 5 rings (SSSR count). The SMILES string of the molecule is O=c1c(-c2ccccc2)coc2c(CN3CCN(c4cccc(Cl)c4)CC3)c(O)ccc12. The molecule has 5 nitrogen and oxygen atoms in total. The summed E-state index contributed by atoms with van der Waals surface area (Å²) in [6, 6.07) is 20.6. The van der Waals surface area contributed by atoms with E-state index in [-0.39, 0.29) is 11.2 Å². The van der Waals surface area contributed by atoms with E-state index in [1.807, 2.05) is 48.5 Å². The van der Waals surface area contributed by atoms with Crippen LogP contribution in [0.25, 0.3) is 22.1 Å². The number of hydrogen-bond acceptors (Lipinski definition) is 5. The van der Waals surface area contributed by atoms with Crippen LogP contribution in [0.2, 0.25) is 5.02 Å². The summed E-state index contributed by atoms with van der Waals surface area (Å²) < 4.78 is 5.92. The van der Waals surface area contributed by atoms with Crippen molar-refractivity contribution in [3.63, 3.8) is 0 Å². The third-order valence-electron chi connectivity index (χ3n) is 6.03. The van der Waals surface area contributed by atoms with Gasteiger partial charge >= 0.3 is 0 Å². The lowest BCUT2D eigenvalue weighted by molar-refractivity contribution is 0.246. The van der Waals surface area contributed by atoms with Gasteiger partial charge in [0.25, 0.3) is 0 Å². The van der Waals surface area contributed by atoms with Gasteiger partial charge in [-0.25, -0.2) is 0 Å². The average Bonchev–Trinajstić information content (AvgIpc) is 2.82. The van der Waals surface area contributed by atoms with E-state index in [0.717, 1.165) is 42.5 Å². The Labute approximate surface area is 191 Å². The van der Waals surface area contributed by atoms with Crippen LogP contribution < -0.4 is 10.3 Å². The van der Waals surface area contributed by atoms with Crippen LogP contribution in [0, 0.1) is 0 Å². The molecule has 2 heterocycles. The molecular weight excluding hydrogens is 424 g/mol. The zero-order valence-corrected chi connectivity index (χ0v) is 18.3. The second-order valence-corrected chi connectivity index (χ2v) is 8.46. The molecule has 0 spiro atoms. The molecule has 1 aliphatic rings. The van der Waals surface area contributed by atoms with Crippen LogP contribution >= 0.6 is 11.6 Å². The fourth-order valence-corrected chi connectivity index (χ4v) is 4.46. The van der Waals surface area contributed by atoms with Crippen molar-refractivity contribution in [2.75, 3.05) is 31.1 Å². The van der Waals surface area contributed by atoms with E-state index in [1.165, 1.54) is 6.26 Å². The van der Waals surface area contributed by atoms with E-state index in [1.54, 1.807) is 12.1 Å². The van der Waals surface area contributed by atoms with Gasteiger partial charge in [0.2, 0.25) is 5.43 Å². The first-order chi connectivity index (χ1) is 15.6. The Morgan fingerprint density at radius 1 is 0.938 bits per heavy atom. The van der Waals surface area contributed by atoms with Gasteiger partial charge in [0.15, 0.2) is 0 Å². The van der Waals surface area contributed by atoms with Crippen LogP contribution in [0.3, 0.4) is 0 Å². The van der Waals surface area contributed by atoms with E-state index >= 15 is 0 Å². The first-order valence-electron chi connectivity index (χ1n) is 10.6. The number of halogens is 1. The highest BCUT2D eigenvalue weighted by Gasteiger charge is 2.21. The molecule has 0 bridgehead atoms. The van der Waals surface area contributed by atoms with Crippen molar-refractivity contribution >= 4 is 28.3 Å². The highest BCUT2D eigenvalue weighted by atomic mass is 35.5. The van der Waals surface area contributed by atoms with E-state index in [9.17, 15) is 9.90 Å². The zero-order chi connectivity index (χ0) is 22.1. The first-order valence-corrected chi connectivity index (χ1v) is 11.0. The number of rotatable bonds is 4. The molecule has 0 radical (unpaired) electrons. The van der Waals surface area contributed by atoms with Crippen molar-refractivity contribution in [1.29, 1.82) is 0 Å². The molecule has 162 valence electrons. The highest BCUT2D eigenvalue weighted by molar-refractivity contribution is 6.30. The molecule has 1 saturated heterocycles. The van der Waals surface area contributed by atoms with Gasteiger partial charge in [-0.05, 0) is 35.9 Å². The Hall–Kier alpha value is -3.28. The number of piperazine rings is 1. The van der Waals surface area contributed by atoms with E-state index in [2.05, 4.69) is 15.9 Å². The molecule has 1 N–H and O–H groups in total. The van der Waals surface area contributed by atoms with Gasteiger partial charge < -0.3 is 14.4 Å². The first kappa shape index (κ1) is 20.6. The number of hydrogen-bond donors (Lipinski definition) is 1. The van der Waals surface area contributed by atoms with Crippen LogP contribution in [0.15, 0.2) is 82.2 Å². The Balaban J connectivity index is 1.39. The molecule has 0 atom stereocenters. The molecule has 4 aromatic rings. The molecule has 32 heavy (non-hydrogen) atoms. The van der Waals surface area contributed by atoms with Crippen molar-refractivity contribution < 1.29 is 9.52 Å². The summed E-state index contributed by atoms with van der Waals surface area (Å²) in [4.78, 5) is 17.7. The van der Waals surface area contributed by atoms with Crippen molar-refractivity contribution in [2.24, 2.45) is 0 Å². The molecule has 1 aliphatic heterocycles. The fraction of sp³-hybridized carbons (Fsp3) is 0.192. The molecule has 0 saturated carbocycles. The molecule has 1 fully saturated rings. The Bertz CT molecular complexity index is 1310. The van der Waals surface area contributed by atoms with Crippen LogP contribution in [-0.2, 0) is 6.54 Å². The predicted octanol–water partition coefficient (Wildman–Crippen LogP) is 5.14. The van der Waals surface area contributed by atoms with E-state index < -0.39 is 0 Å². The van der Waals surface area contributed by atoms with E-state index in [4.69, 9.17) is 16.0 Å². The summed E-state index contributed by atoms with van der Waals surface area (Å²) in [5.74, 6) is 0.144. The van der Waals surface area contributed by atoms with Crippen molar-refractivity contribution in [3.8, 4) is 16.9 Å². The Morgan fingerprint density at radius 2 is 1.72 bits per heavy atom. The highest BCUT2D eigenvalue weighted by Crippen LogP contribution is 2.30. The lowest BCUT2D eigenvalue weighted by Crippen LogP contribution is -2.46. The van der Waals surface area contributed by atoms with Crippen LogP contribution in [-0.4, -0.2) is 36.2 Å². The number of fused-ring (bicyclic) bond motifs is 1. The number of phenolic OH excluding ortho intramolecular Hbond substituents is 1. The maximum absolute atomic E-state index is 13.1. The van der Waals surface area contributed by atoms with Gasteiger partial charge in [0, 0.05) is 43.4 Å². The van der Waals surface area contributed by atoms with Crippen molar-refractivity contribution in [2.45, 2.75) is 6.54 Å². The molecule has 0 amide bonds. The number of benzene rings is 3. The fourth-order valence-electron chi connectivity index (χ4n) is 4.28. The molecule has 0 unspecified atom stereocenters. The normalized spacial score (nSPS) is 14.7. The molecule has 6 heteroatoms. The minimum absolute atomic E-state index is 0.0931. The minimum atomic E-state index is -0.0931. The third-order valence-corrected chi connectivity index (χ3v) is 6.27. The van der Waals surface area contributed by atoms with E-state index in [0.29, 0.717) is 28.6 Å². The summed E-state index contributed by atoms with van der Waals surface area (Å²) in [6.45, 7) is 3.88. The summed E-state index contributed by atoms with van der Waals surface area (Å²) in [5, 5.41) is 11.8. The number of anilines is 1. The summed E-state index contributed by atoms with van der Waals surface area (Å²) in [6.07, 6.45) is 1.50. The van der Waals surface area contributed by atoms with Gasteiger partial charge in [0.1, 0.15) is 17.6 Å². The maximum atomic E-state index is 13.1. The standard InChI is InChI=1S/C26H23ClN2O3/c27-19-7-4-8-20(15-19)29-13-11-28(12-14-29)16-22-24(30)10-9-21-25(31)23(17-32-26(21)22)18-5-2-1-3-6-18/h1-10,15,17,30H,11-14,16H2. The van der Waals surface area contributed by atoms with Gasteiger partial charge in [-0.3, -0.25) is 9.69 Å². The maximum Gasteiger partial charge on any atom is 0.200 e. The quantitative estimate of drug-likeness (QED) is 0.470. The van der Waals surface area contributed by atoms with Crippen molar-refractivity contribution in [3.05, 3.63) is 93.8 Å². The van der Waals surface area contributed by atoms with Crippen LogP contribution in [0.1, 0.15) is 5.56 Å². The zero-order valence-electron chi connectivity index (χ0n) is 17.5. The molecule has 3 aromatic carbocycles. The predicted molar refractivity (Wildman–Crippen MR) is 129 cm³/mol. The molecule has 0 aliphatic carbocycles. The van der Waals surface area contributed by atoms with Gasteiger partial charge in [-0.2, -0.15) is 0 Å². The second-order valence-electron chi connectivity index (χ2n) is 8.03. The van der Waals surface area contributed by atoms with Gasteiger partial charge in [0.05, 0.1) is 16.5 Å². The van der Waals surface area contributed by atoms with Crippen LogP contribution in [0.4, 0.5) is 5.69 Å². The molecular formula is C26H23ClN2O3. The monoisotopic (exact) mass is 446 g/mol. The lowest BCUT2D eigenvalue weighted by Gasteiger charge is -2.36. The van der Waals surface area contributed by atoms with Crippen LogP contribution in [0.5, 0.6) is 5.75 Å². The Kier molecular flexibility index (Phi) is 5.60.